The van der Waals surface area contributed by atoms with E-state index in [0.717, 1.165) is 26.6 Å². The molecule has 136 valence electrons. The van der Waals surface area contributed by atoms with Crippen LogP contribution in [0.2, 0.25) is 0 Å². The summed E-state index contributed by atoms with van der Waals surface area (Å²) in [4.78, 5) is 23.9. The molecule has 0 saturated carbocycles. The normalized spacial score (nSPS) is 12.3. The lowest BCUT2D eigenvalue weighted by molar-refractivity contribution is -0.120. The van der Waals surface area contributed by atoms with Crippen LogP contribution in [0, 0.1) is 27.7 Å². The summed E-state index contributed by atoms with van der Waals surface area (Å²) >= 11 is 3.19. The van der Waals surface area contributed by atoms with Gasteiger partial charge in [-0.15, -0.1) is 11.3 Å². The van der Waals surface area contributed by atoms with Crippen molar-refractivity contribution >= 4 is 39.2 Å². The van der Waals surface area contributed by atoms with Gasteiger partial charge in [0.25, 0.3) is 0 Å². The van der Waals surface area contributed by atoms with Crippen molar-refractivity contribution in [2.45, 2.75) is 51.4 Å². The van der Waals surface area contributed by atoms with Crippen molar-refractivity contribution in [1.82, 2.24) is 15.3 Å². The first-order valence-corrected chi connectivity index (χ1v) is 10.3. The Morgan fingerprint density at radius 2 is 1.85 bits per heavy atom. The summed E-state index contributed by atoms with van der Waals surface area (Å²) in [6.07, 6.45) is 0. The first-order chi connectivity index (χ1) is 12.3. The van der Waals surface area contributed by atoms with Crippen LogP contribution in [0.1, 0.15) is 34.3 Å². The average molecular weight is 386 g/mol. The number of nitrogens with one attached hydrogen (secondary N) is 1. The van der Waals surface area contributed by atoms with Gasteiger partial charge in [-0.05, 0) is 45.7 Å². The molecule has 0 radical (unpaired) electrons. The molecular formula is C20H23N3OS2. The van der Waals surface area contributed by atoms with Crippen LogP contribution in [0.15, 0.2) is 29.3 Å². The van der Waals surface area contributed by atoms with Gasteiger partial charge in [-0.2, -0.15) is 0 Å². The van der Waals surface area contributed by atoms with Crippen LogP contribution in [0.25, 0.3) is 10.2 Å². The van der Waals surface area contributed by atoms with E-state index in [1.165, 1.54) is 27.8 Å². The van der Waals surface area contributed by atoms with E-state index in [9.17, 15) is 4.79 Å². The molecule has 6 heteroatoms. The third kappa shape index (κ3) is 4.07. The quantitative estimate of drug-likeness (QED) is 0.510. The second-order valence-corrected chi connectivity index (χ2v) is 9.04. The predicted octanol–water partition coefficient (Wildman–Crippen LogP) is 4.72. The molecule has 3 aromatic rings. The van der Waals surface area contributed by atoms with Gasteiger partial charge in [-0.3, -0.25) is 4.79 Å². The van der Waals surface area contributed by atoms with Crippen LogP contribution in [-0.4, -0.2) is 21.1 Å². The van der Waals surface area contributed by atoms with E-state index in [-0.39, 0.29) is 11.2 Å². The maximum Gasteiger partial charge on any atom is 0.233 e. The van der Waals surface area contributed by atoms with Gasteiger partial charge in [-0.1, -0.05) is 41.6 Å². The van der Waals surface area contributed by atoms with Crippen molar-refractivity contribution in [3.05, 3.63) is 51.7 Å². The van der Waals surface area contributed by atoms with Crippen molar-refractivity contribution in [1.29, 1.82) is 0 Å². The lowest BCUT2D eigenvalue weighted by Crippen LogP contribution is -2.30. The number of amides is 1. The summed E-state index contributed by atoms with van der Waals surface area (Å²) in [6, 6.07) is 8.20. The molecule has 0 aliphatic rings. The molecule has 0 unspecified atom stereocenters. The molecule has 0 aliphatic carbocycles. The number of carbonyl (C=O) groups is 1. The number of benzene rings is 1. The zero-order chi connectivity index (χ0) is 18.8. The molecule has 2 heterocycles. The van der Waals surface area contributed by atoms with Crippen molar-refractivity contribution in [2.75, 3.05) is 0 Å². The zero-order valence-electron chi connectivity index (χ0n) is 15.7. The highest BCUT2D eigenvalue weighted by Crippen LogP contribution is 2.36. The molecule has 0 spiro atoms. The van der Waals surface area contributed by atoms with Crippen molar-refractivity contribution in [3.8, 4) is 0 Å². The second kappa shape index (κ2) is 7.76. The number of hydrogen-bond acceptors (Lipinski definition) is 5. The van der Waals surface area contributed by atoms with E-state index in [0.29, 0.717) is 6.54 Å². The van der Waals surface area contributed by atoms with Crippen molar-refractivity contribution in [2.24, 2.45) is 0 Å². The third-order valence-electron chi connectivity index (χ3n) is 4.35. The van der Waals surface area contributed by atoms with Gasteiger partial charge in [0, 0.05) is 16.8 Å². The van der Waals surface area contributed by atoms with E-state index >= 15 is 0 Å². The highest BCUT2D eigenvalue weighted by atomic mass is 32.2. The highest BCUT2D eigenvalue weighted by Gasteiger charge is 2.20. The summed E-state index contributed by atoms with van der Waals surface area (Å²) < 4.78 is 0. The average Bonchev–Trinajstić information content (AvgIpc) is 2.88. The number of thiophene rings is 1. The Balaban J connectivity index is 1.73. The Labute approximate surface area is 162 Å². The van der Waals surface area contributed by atoms with E-state index in [4.69, 9.17) is 0 Å². The molecule has 4 nitrogen and oxygen atoms in total. The van der Waals surface area contributed by atoms with E-state index in [1.807, 2.05) is 26.0 Å². The van der Waals surface area contributed by atoms with Gasteiger partial charge in [0.2, 0.25) is 5.91 Å². The number of hydrogen-bond donors (Lipinski definition) is 1. The molecular weight excluding hydrogens is 362 g/mol. The monoisotopic (exact) mass is 385 g/mol. The summed E-state index contributed by atoms with van der Waals surface area (Å²) in [5, 5.41) is 4.78. The summed E-state index contributed by atoms with van der Waals surface area (Å²) in [6.45, 7) is 10.6. The van der Waals surface area contributed by atoms with E-state index in [1.54, 1.807) is 11.3 Å². The fourth-order valence-electron chi connectivity index (χ4n) is 2.66. The number of rotatable bonds is 5. The first-order valence-electron chi connectivity index (χ1n) is 8.59. The number of carbonyl (C=O) groups excluding carboxylic acids is 1. The third-order valence-corrected chi connectivity index (χ3v) is 6.54. The molecule has 2 aromatic heterocycles. The Bertz CT molecular complexity index is 948. The molecule has 1 amide bonds. The van der Waals surface area contributed by atoms with Crippen LogP contribution < -0.4 is 5.32 Å². The van der Waals surface area contributed by atoms with Gasteiger partial charge in [-0.25, -0.2) is 9.97 Å². The molecule has 1 N–H and O–H groups in total. The summed E-state index contributed by atoms with van der Waals surface area (Å²) in [7, 11) is 0. The van der Waals surface area contributed by atoms with Crippen molar-refractivity contribution < 1.29 is 4.79 Å². The number of fused-ring (bicyclic) bond motifs is 1. The minimum absolute atomic E-state index is 0.0181. The first kappa shape index (κ1) is 18.9. The second-order valence-electron chi connectivity index (χ2n) is 6.50. The fourth-order valence-corrected chi connectivity index (χ4v) is 4.88. The molecule has 3 rings (SSSR count). The van der Waals surface area contributed by atoms with Gasteiger partial charge < -0.3 is 5.32 Å². The Hall–Kier alpha value is -1.92. The standard InChI is InChI=1S/C20H23N3OS2/c1-11-6-8-16(9-7-11)10-21-18(24)14(4)26-20-17-12(2)13(3)25-19(17)22-15(5)23-20/h6-9,14H,10H2,1-5H3,(H,21,24)/t14-/m1/s1. The molecule has 1 atom stereocenters. The molecule has 0 aliphatic heterocycles. The number of aromatic nitrogens is 2. The Kier molecular flexibility index (Phi) is 5.63. The fraction of sp³-hybridized carbons (Fsp3) is 0.350. The van der Waals surface area contributed by atoms with Crippen LogP contribution in [0.4, 0.5) is 0 Å². The molecule has 26 heavy (non-hydrogen) atoms. The Morgan fingerprint density at radius 3 is 2.54 bits per heavy atom. The van der Waals surface area contributed by atoms with Crippen molar-refractivity contribution in [3.63, 3.8) is 0 Å². The number of thioether (sulfide) groups is 1. The minimum Gasteiger partial charge on any atom is -0.351 e. The maximum atomic E-state index is 12.5. The van der Waals surface area contributed by atoms with Gasteiger partial charge in [0.1, 0.15) is 15.7 Å². The SMILES string of the molecule is Cc1ccc(CNC(=O)[C@@H](C)Sc2nc(C)nc3sc(C)c(C)c23)cc1. The summed E-state index contributed by atoms with van der Waals surface area (Å²) in [5.41, 5.74) is 3.53. The lowest BCUT2D eigenvalue weighted by atomic mass is 10.1. The molecule has 0 fully saturated rings. The van der Waals surface area contributed by atoms with E-state index < -0.39 is 0 Å². The van der Waals surface area contributed by atoms with Gasteiger partial charge >= 0.3 is 0 Å². The molecule has 1 aromatic carbocycles. The predicted molar refractivity (Wildman–Crippen MR) is 110 cm³/mol. The lowest BCUT2D eigenvalue weighted by Gasteiger charge is -2.13. The maximum absolute atomic E-state index is 12.5. The van der Waals surface area contributed by atoms with Crippen LogP contribution in [-0.2, 0) is 11.3 Å². The topological polar surface area (TPSA) is 54.9 Å². The minimum atomic E-state index is -0.224. The van der Waals surface area contributed by atoms with E-state index in [2.05, 4.69) is 48.2 Å². The largest absolute Gasteiger partial charge is 0.351 e. The number of aryl methyl sites for hydroxylation is 4. The van der Waals surface area contributed by atoms with Gasteiger partial charge in [0.15, 0.2) is 0 Å². The molecule has 0 saturated heterocycles. The highest BCUT2D eigenvalue weighted by molar-refractivity contribution is 8.00. The van der Waals surface area contributed by atoms with Crippen LogP contribution >= 0.6 is 23.1 Å². The Morgan fingerprint density at radius 1 is 1.15 bits per heavy atom. The smallest absolute Gasteiger partial charge is 0.233 e. The van der Waals surface area contributed by atoms with Gasteiger partial charge in [0.05, 0.1) is 5.25 Å². The summed E-state index contributed by atoms with van der Waals surface area (Å²) in [5.74, 6) is 0.762. The van der Waals surface area contributed by atoms with Crippen LogP contribution in [0.5, 0.6) is 0 Å². The molecule has 0 bridgehead atoms. The zero-order valence-corrected chi connectivity index (χ0v) is 17.3. The number of nitrogens with zero attached hydrogens (tertiary/aromatic N) is 2. The van der Waals surface area contributed by atoms with Crippen LogP contribution in [0.3, 0.4) is 0 Å².